The maximum atomic E-state index is 12.2. The molecule has 1 amide bonds. The summed E-state index contributed by atoms with van der Waals surface area (Å²) < 4.78 is 5.25. The number of hydrogen-bond acceptors (Lipinski definition) is 6. The van der Waals surface area contributed by atoms with Gasteiger partial charge in [0.25, 0.3) is 5.91 Å². The van der Waals surface area contributed by atoms with E-state index in [0.29, 0.717) is 27.1 Å². The van der Waals surface area contributed by atoms with Crippen LogP contribution in [0.1, 0.15) is 11.1 Å². The summed E-state index contributed by atoms with van der Waals surface area (Å²) in [5, 5.41) is 21.7. The van der Waals surface area contributed by atoms with E-state index in [-0.39, 0.29) is 11.7 Å². The molecule has 1 fully saturated rings. The summed E-state index contributed by atoms with van der Waals surface area (Å²) >= 11 is 1.12. The number of aryl methyl sites for hydroxylation is 1. The van der Waals surface area contributed by atoms with E-state index in [4.69, 9.17) is 9.84 Å². The van der Waals surface area contributed by atoms with Gasteiger partial charge in [0.1, 0.15) is 17.2 Å². The number of carbonyl (C=O) groups excluding carboxylic acids is 1. The Kier molecular flexibility index (Phi) is 5.46. The van der Waals surface area contributed by atoms with Crippen LogP contribution in [0.5, 0.6) is 11.5 Å². The second kappa shape index (κ2) is 7.96. The topological polar surface area (TPSA) is 108 Å². The largest absolute Gasteiger partial charge is 0.506 e. The van der Waals surface area contributed by atoms with Gasteiger partial charge >= 0.3 is 5.97 Å². The summed E-state index contributed by atoms with van der Waals surface area (Å²) in [5.41, 5.74) is 1.88. The second-order valence-electron chi connectivity index (χ2n) is 5.69. The third-order valence-corrected chi connectivity index (χ3v) is 4.47. The molecule has 3 N–H and O–H groups in total. The van der Waals surface area contributed by atoms with E-state index >= 15 is 0 Å². The van der Waals surface area contributed by atoms with Gasteiger partial charge in [-0.15, -0.1) is 0 Å². The molecule has 27 heavy (non-hydrogen) atoms. The lowest BCUT2D eigenvalue weighted by Gasteiger charge is -2.06. The summed E-state index contributed by atoms with van der Waals surface area (Å²) in [6.45, 7) is 1.40. The van der Waals surface area contributed by atoms with Crippen molar-refractivity contribution in [2.75, 3.05) is 6.61 Å². The van der Waals surface area contributed by atoms with Crippen LogP contribution in [0.2, 0.25) is 0 Å². The highest BCUT2D eigenvalue weighted by molar-refractivity contribution is 8.18. The molecule has 2 aromatic carbocycles. The molecule has 0 aliphatic carbocycles. The molecule has 0 radical (unpaired) electrons. The molecule has 0 spiro atoms. The fraction of sp³-hybridized carbons (Fsp3) is 0.105. The predicted molar refractivity (Wildman–Crippen MR) is 103 cm³/mol. The first-order valence-electron chi connectivity index (χ1n) is 7.95. The van der Waals surface area contributed by atoms with Crippen molar-refractivity contribution in [3.05, 3.63) is 58.5 Å². The Balaban J connectivity index is 1.85. The van der Waals surface area contributed by atoms with Crippen LogP contribution in [0.25, 0.3) is 6.08 Å². The molecule has 1 aliphatic rings. The Labute approximate surface area is 159 Å². The number of aliphatic imine (C=N–C) groups is 1. The van der Waals surface area contributed by atoms with Crippen molar-refractivity contribution in [3.63, 3.8) is 0 Å². The molecule has 1 heterocycles. The monoisotopic (exact) mass is 384 g/mol. The van der Waals surface area contributed by atoms with Gasteiger partial charge in [-0.3, -0.25) is 4.79 Å². The number of carbonyl (C=O) groups is 2. The van der Waals surface area contributed by atoms with E-state index < -0.39 is 12.6 Å². The Bertz CT molecular complexity index is 968. The zero-order valence-corrected chi connectivity index (χ0v) is 15.1. The Morgan fingerprint density at radius 1 is 1.30 bits per heavy atom. The van der Waals surface area contributed by atoms with Crippen molar-refractivity contribution in [3.8, 4) is 11.5 Å². The van der Waals surface area contributed by atoms with E-state index in [0.717, 1.165) is 17.3 Å². The molecule has 3 rings (SSSR count). The third kappa shape index (κ3) is 4.68. The number of rotatable bonds is 5. The quantitative estimate of drug-likeness (QED) is 0.684. The van der Waals surface area contributed by atoms with Crippen molar-refractivity contribution in [1.29, 1.82) is 0 Å². The minimum absolute atomic E-state index is 0.0211. The predicted octanol–water partition coefficient (Wildman–Crippen LogP) is 3.06. The number of phenols is 1. The van der Waals surface area contributed by atoms with E-state index in [9.17, 15) is 14.7 Å². The van der Waals surface area contributed by atoms with Gasteiger partial charge in [-0.1, -0.05) is 24.3 Å². The maximum absolute atomic E-state index is 12.2. The van der Waals surface area contributed by atoms with Crippen LogP contribution in [0.4, 0.5) is 5.69 Å². The SMILES string of the molecule is Cc1ccc(O)c(N=C2NC(=O)/C(=C\c3ccccc3OCC(=O)O)S2)c1. The van der Waals surface area contributed by atoms with Gasteiger partial charge in [0.05, 0.1) is 4.91 Å². The minimum atomic E-state index is -1.09. The molecule has 0 atom stereocenters. The number of hydrogen-bond donors (Lipinski definition) is 3. The number of amidine groups is 1. The van der Waals surface area contributed by atoms with Gasteiger partial charge in [-0.2, -0.15) is 0 Å². The molecule has 7 nitrogen and oxygen atoms in total. The lowest BCUT2D eigenvalue weighted by atomic mass is 10.2. The van der Waals surface area contributed by atoms with Gasteiger partial charge in [-0.25, -0.2) is 9.79 Å². The summed E-state index contributed by atoms with van der Waals surface area (Å²) in [7, 11) is 0. The van der Waals surface area contributed by atoms with Crippen molar-refractivity contribution in [1.82, 2.24) is 5.32 Å². The Hall–Kier alpha value is -3.26. The molecule has 0 bridgehead atoms. The first kappa shape index (κ1) is 18.5. The van der Waals surface area contributed by atoms with E-state index in [1.807, 2.05) is 6.92 Å². The molecule has 1 aliphatic heterocycles. The number of carboxylic acids is 1. The number of para-hydroxylation sites is 1. The molecule has 138 valence electrons. The van der Waals surface area contributed by atoms with Crippen LogP contribution in [-0.2, 0) is 9.59 Å². The number of nitrogens with zero attached hydrogens (tertiary/aromatic N) is 1. The van der Waals surface area contributed by atoms with Crippen molar-refractivity contribution >= 4 is 40.6 Å². The molecule has 1 saturated heterocycles. The van der Waals surface area contributed by atoms with Crippen LogP contribution in [0.15, 0.2) is 52.4 Å². The highest BCUT2D eigenvalue weighted by atomic mass is 32.2. The van der Waals surface area contributed by atoms with E-state index in [1.54, 1.807) is 48.5 Å². The number of nitrogens with one attached hydrogen (secondary N) is 1. The number of thioether (sulfide) groups is 1. The van der Waals surface area contributed by atoms with Gasteiger partial charge in [-0.05, 0) is 48.5 Å². The van der Waals surface area contributed by atoms with Crippen molar-refractivity contribution < 1.29 is 24.5 Å². The molecular weight excluding hydrogens is 368 g/mol. The summed E-state index contributed by atoms with van der Waals surface area (Å²) in [4.78, 5) is 27.6. The van der Waals surface area contributed by atoms with Gasteiger partial charge in [0, 0.05) is 5.56 Å². The summed E-state index contributed by atoms with van der Waals surface area (Å²) in [5.74, 6) is -1.04. The maximum Gasteiger partial charge on any atom is 0.341 e. The average Bonchev–Trinajstić information content (AvgIpc) is 2.96. The number of ether oxygens (including phenoxy) is 1. The highest BCUT2D eigenvalue weighted by Gasteiger charge is 2.24. The summed E-state index contributed by atoms with van der Waals surface area (Å²) in [6, 6.07) is 11.9. The third-order valence-electron chi connectivity index (χ3n) is 3.56. The molecule has 2 aromatic rings. The van der Waals surface area contributed by atoms with E-state index in [1.165, 1.54) is 0 Å². The zero-order chi connectivity index (χ0) is 19.4. The van der Waals surface area contributed by atoms with Crippen LogP contribution in [-0.4, -0.2) is 33.9 Å². The number of aromatic hydroxyl groups is 1. The lowest BCUT2D eigenvalue weighted by Crippen LogP contribution is -2.19. The summed E-state index contributed by atoms with van der Waals surface area (Å²) in [6.07, 6.45) is 1.61. The number of amides is 1. The fourth-order valence-electron chi connectivity index (χ4n) is 2.32. The van der Waals surface area contributed by atoms with Gasteiger partial charge in [0.15, 0.2) is 11.8 Å². The van der Waals surface area contributed by atoms with Crippen LogP contribution in [0, 0.1) is 6.92 Å². The molecular formula is C19H16N2O5S. The van der Waals surface area contributed by atoms with Gasteiger partial charge < -0.3 is 20.3 Å². The molecule has 0 unspecified atom stereocenters. The standard InChI is InChI=1S/C19H16N2O5S/c1-11-6-7-14(22)13(8-11)20-19-21-18(25)16(27-19)9-12-4-2-3-5-15(12)26-10-17(23)24/h2-9,22H,10H2,1H3,(H,23,24)(H,20,21,25)/b16-9+. The number of benzene rings is 2. The number of aliphatic carboxylic acids is 1. The van der Waals surface area contributed by atoms with Crippen molar-refractivity contribution in [2.45, 2.75) is 6.92 Å². The number of phenolic OH excluding ortho intramolecular Hbond substituents is 1. The normalized spacial score (nSPS) is 16.6. The van der Waals surface area contributed by atoms with Crippen molar-refractivity contribution in [2.24, 2.45) is 4.99 Å². The van der Waals surface area contributed by atoms with E-state index in [2.05, 4.69) is 10.3 Å². The highest BCUT2D eigenvalue weighted by Crippen LogP contribution is 2.33. The van der Waals surface area contributed by atoms with Crippen LogP contribution >= 0.6 is 11.8 Å². The van der Waals surface area contributed by atoms with Crippen LogP contribution in [0.3, 0.4) is 0 Å². The Morgan fingerprint density at radius 3 is 2.85 bits per heavy atom. The molecule has 8 heteroatoms. The first-order valence-corrected chi connectivity index (χ1v) is 8.77. The fourth-order valence-corrected chi connectivity index (χ4v) is 3.15. The Morgan fingerprint density at radius 2 is 2.07 bits per heavy atom. The smallest absolute Gasteiger partial charge is 0.341 e. The first-order chi connectivity index (χ1) is 12.9. The lowest BCUT2D eigenvalue weighted by molar-refractivity contribution is -0.139. The minimum Gasteiger partial charge on any atom is -0.506 e. The number of carboxylic acid groups (broad SMARTS) is 1. The molecule has 0 aromatic heterocycles. The zero-order valence-electron chi connectivity index (χ0n) is 14.3. The van der Waals surface area contributed by atoms with Gasteiger partial charge in [0.2, 0.25) is 0 Å². The van der Waals surface area contributed by atoms with Crippen LogP contribution < -0.4 is 10.1 Å². The average molecular weight is 384 g/mol. The molecule has 0 saturated carbocycles. The second-order valence-corrected chi connectivity index (χ2v) is 6.72.